The average Bonchev–Trinajstić information content (AvgIpc) is 2.81. The van der Waals surface area contributed by atoms with Crippen LogP contribution >= 0.6 is 11.3 Å². The number of rotatable bonds is 6. The van der Waals surface area contributed by atoms with Crippen LogP contribution in [0.5, 0.6) is 0 Å². The Morgan fingerprint density at radius 3 is 2.79 bits per heavy atom. The summed E-state index contributed by atoms with van der Waals surface area (Å²) in [6, 6.07) is 5.25. The molecule has 2 nitrogen and oxygen atoms in total. The molecule has 1 aromatic heterocycles. The molecule has 1 aliphatic rings. The first-order valence-corrected chi connectivity index (χ1v) is 8.44. The Kier molecular flexibility index (Phi) is 5.86. The number of thiophene rings is 1. The van der Waals surface area contributed by atoms with E-state index < -0.39 is 0 Å². The second-order valence-electron chi connectivity index (χ2n) is 6.00. The van der Waals surface area contributed by atoms with Crippen molar-refractivity contribution in [2.45, 2.75) is 52.1 Å². The lowest BCUT2D eigenvalue weighted by atomic mass is 9.85. The lowest BCUT2D eigenvalue weighted by molar-refractivity contribution is 0.140. The van der Waals surface area contributed by atoms with E-state index in [-0.39, 0.29) is 0 Å². The van der Waals surface area contributed by atoms with Gasteiger partial charge in [0.05, 0.1) is 0 Å². The van der Waals surface area contributed by atoms with Crippen LogP contribution in [0.15, 0.2) is 12.1 Å². The van der Waals surface area contributed by atoms with Crippen LogP contribution in [0.2, 0.25) is 0 Å². The summed E-state index contributed by atoms with van der Waals surface area (Å²) in [5.41, 5.74) is 0. The Bertz CT molecular complexity index is 375. The summed E-state index contributed by atoms with van der Waals surface area (Å²) in [6.45, 7) is 7.87. The number of nitrogens with one attached hydrogen (secondary N) is 1. The van der Waals surface area contributed by atoms with Crippen LogP contribution in [0.1, 0.15) is 42.4 Å². The van der Waals surface area contributed by atoms with Gasteiger partial charge in [0.25, 0.3) is 0 Å². The van der Waals surface area contributed by atoms with Gasteiger partial charge in [-0.15, -0.1) is 11.3 Å². The summed E-state index contributed by atoms with van der Waals surface area (Å²) in [6.07, 6.45) is 5.65. The second kappa shape index (κ2) is 7.41. The molecule has 1 heterocycles. The third kappa shape index (κ3) is 4.59. The topological polar surface area (TPSA) is 15.3 Å². The van der Waals surface area contributed by atoms with Crippen molar-refractivity contribution >= 4 is 11.3 Å². The zero-order valence-corrected chi connectivity index (χ0v) is 13.4. The lowest BCUT2D eigenvalue weighted by Crippen LogP contribution is -2.42. The minimum atomic E-state index is 0.805. The van der Waals surface area contributed by atoms with Crippen molar-refractivity contribution in [2.75, 3.05) is 20.1 Å². The highest BCUT2D eigenvalue weighted by atomic mass is 32.1. The monoisotopic (exact) mass is 280 g/mol. The molecular formula is C16H28N2S. The molecule has 1 aromatic rings. The molecule has 0 radical (unpaired) electrons. The SMILES string of the molecule is Cc1ccc(CNCCN(C)C2CCCCC2C)s1. The number of aryl methyl sites for hydroxylation is 1. The van der Waals surface area contributed by atoms with E-state index in [9.17, 15) is 0 Å². The molecule has 0 spiro atoms. The molecule has 3 heteroatoms. The van der Waals surface area contributed by atoms with Crippen LogP contribution in [0, 0.1) is 12.8 Å². The van der Waals surface area contributed by atoms with Crippen molar-refractivity contribution in [3.8, 4) is 0 Å². The molecule has 0 saturated heterocycles. The van der Waals surface area contributed by atoms with Crippen molar-refractivity contribution in [1.82, 2.24) is 10.2 Å². The van der Waals surface area contributed by atoms with Crippen LogP contribution in [0.25, 0.3) is 0 Å². The first kappa shape index (κ1) is 15.0. The first-order chi connectivity index (χ1) is 9.16. The van der Waals surface area contributed by atoms with Gasteiger partial charge in [0.15, 0.2) is 0 Å². The summed E-state index contributed by atoms with van der Waals surface area (Å²) in [7, 11) is 2.30. The smallest absolute Gasteiger partial charge is 0.0300 e. The third-order valence-electron chi connectivity index (χ3n) is 4.37. The lowest BCUT2D eigenvalue weighted by Gasteiger charge is -2.36. The van der Waals surface area contributed by atoms with Crippen LogP contribution in [0.4, 0.5) is 0 Å². The van der Waals surface area contributed by atoms with Gasteiger partial charge in [-0.1, -0.05) is 19.8 Å². The molecular weight excluding hydrogens is 252 g/mol. The van der Waals surface area contributed by atoms with Crippen LogP contribution in [-0.4, -0.2) is 31.1 Å². The first-order valence-electron chi connectivity index (χ1n) is 7.63. The molecule has 0 amide bonds. The zero-order valence-electron chi connectivity index (χ0n) is 12.6. The number of hydrogen-bond donors (Lipinski definition) is 1. The standard InChI is InChI=1S/C16H28N2S/c1-13-6-4-5-7-16(13)18(3)11-10-17-12-15-9-8-14(2)19-15/h8-9,13,16-17H,4-7,10-12H2,1-3H3. The summed E-state index contributed by atoms with van der Waals surface area (Å²) in [4.78, 5) is 5.42. The molecule has 0 aromatic carbocycles. The Morgan fingerprint density at radius 2 is 2.11 bits per heavy atom. The van der Waals surface area contributed by atoms with Gasteiger partial charge >= 0.3 is 0 Å². The van der Waals surface area contributed by atoms with Crippen LogP contribution < -0.4 is 5.32 Å². The van der Waals surface area contributed by atoms with Gasteiger partial charge in [0.1, 0.15) is 0 Å². The largest absolute Gasteiger partial charge is 0.311 e. The number of hydrogen-bond acceptors (Lipinski definition) is 3. The molecule has 2 rings (SSSR count). The van der Waals surface area contributed by atoms with Gasteiger partial charge in [-0.05, 0) is 44.9 Å². The predicted molar refractivity (Wildman–Crippen MR) is 84.8 cm³/mol. The van der Waals surface area contributed by atoms with Crippen molar-refractivity contribution in [2.24, 2.45) is 5.92 Å². The van der Waals surface area contributed by atoms with Gasteiger partial charge in [0.2, 0.25) is 0 Å². The fourth-order valence-corrected chi connectivity index (χ4v) is 4.02. The van der Waals surface area contributed by atoms with E-state index in [1.54, 1.807) is 0 Å². The van der Waals surface area contributed by atoms with E-state index >= 15 is 0 Å². The van der Waals surface area contributed by atoms with E-state index in [0.29, 0.717) is 0 Å². The summed E-state index contributed by atoms with van der Waals surface area (Å²) >= 11 is 1.90. The zero-order chi connectivity index (χ0) is 13.7. The number of likely N-dealkylation sites (N-methyl/N-ethyl adjacent to an activating group) is 1. The maximum Gasteiger partial charge on any atom is 0.0300 e. The van der Waals surface area contributed by atoms with Crippen LogP contribution in [-0.2, 0) is 6.54 Å². The normalized spacial score (nSPS) is 24.0. The molecule has 0 aliphatic heterocycles. The maximum absolute atomic E-state index is 3.57. The molecule has 2 atom stereocenters. The van der Waals surface area contributed by atoms with Crippen molar-refractivity contribution in [3.05, 3.63) is 21.9 Å². The predicted octanol–water partition coefficient (Wildman–Crippen LogP) is 3.66. The van der Waals surface area contributed by atoms with E-state index in [1.807, 2.05) is 11.3 Å². The van der Waals surface area contributed by atoms with E-state index in [1.165, 1.54) is 42.0 Å². The van der Waals surface area contributed by atoms with Gasteiger partial charge in [0, 0.05) is 35.4 Å². The van der Waals surface area contributed by atoms with Crippen LogP contribution in [0.3, 0.4) is 0 Å². The molecule has 1 N–H and O–H groups in total. The maximum atomic E-state index is 3.57. The highest BCUT2D eigenvalue weighted by Crippen LogP contribution is 2.27. The van der Waals surface area contributed by atoms with Crippen molar-refractivity contribution < 1.29 is 0 Å². The van der Waals surface area contributed by atoms with Crippen molar-refractivity contribution in [1.29, 1.82) is 0 Å². The average molecular weight is 280 g/mol. The highest BCUT2D eigenvalue weighted by molar-refractivity contribution is 7.11. The summed E-state index contributed by atoms with van der Waals surface area (Å²) < 4.78 is 0. The highest BCUT2D eigenvalue weighted by Gasteiger charge is 2.24. The van der Waals surface area contributed by atoms with E-state index in [2.05, 4.69) is 43.2 Å². The molecule has 19 heavy (non-hydrogen) atoms. The Hall–Kier alpha value is -0.380. The fraction of sp³-hybridized carbons (Fsp3) is 0.750. The Morgan fingerprint density at radius 1 is 1.32 bits per heavy atom. The quantitative estimate of drug-likeness (QED) is 0.800. The molecule has 1 fully saturated rings. The molecule has 0 bridgehead atoms. The summed E-state index contributed by atoms with van der Waals surface area (Å²) in [5, 5.41) is 3.57. The third-order valence-corrected chi connectivity index (χ3v) is 5.37. The van der Waals surface area contributed by atoms with Gasteiger partial charge in [-0.2, -0.15) is 0 Å². The molecule has 2 unspecified atom stereocenters. The van der Waals surface area contributed by atoms with E-state index in [4.69, 9.17) is 0 Å². The Labute approximate surface area is 122 Å². The van der Waals surface area contributed by atoms with Crippen molar-refractivity contribution in [3.63, 3.8) is 0 Å². The minimum Gasteiger partial charge on any atom is -0.311 e. The fourth-order valence-electron chi connectivity index (χ4n) is 3.16. The van der Waals surface area contributed by atoms with Gasteiger partial charge in [-0.3, -0.25) is 0 Å². The van der Waals surface area contributed by atoms with Gasteiger partial charge in [-0.25, -0.2) is 0 Å². The van der Waals surface area contributed by atoms with Gasteiger partial charge < -0.3 is 10.2 Å². The molecule has 1 saturated carbocycles. The minimum absolute atomic E-state index is 0.805. The van der Waals surface area contributed by atoms with E-state index in [0.717, 1.165) is 25.0 Å². The second-order valence-corrected chi connectivity index (χ2v) is 7.37. The summed E-state index contributed by atoms with van der Waals surface area (Å²) in [5.74, 6) is 0.874. The number of nitrogens with zero attached hydrogens (tertiary/aromatic N) is 1. The molecule has 108 valence electrons. The Balaban J connectivity index is 1.64. The molecule has 1 aliphatic carbocycles.